The molecule has 0 radical (unpaired) electrons. The lowest BCUT2D eigenvalue weighted by Gasteiger charge is -2.12. The first-order valence-corrected chi connectivity index (χ1v) is 5.97. The predicted molar refractivity (Wildman–Crippen MR) is 72.4 cm³/mol. The number of hydrogen-bond acceptors (Lipinski definition) is 4. The highest BCUT2D eigenvalue weighted by Gasteiger charge is 2.08. The molecule has 94 valence electrons. The van der Waals surface area contributed by atoms with Crippen molar-refractivity contribution in [3.63, 3.8) is 0 Å². The van der Waals surface area contributed by atoms with Crippen molar-refractivity contribution in [2.24, 2.45) is 0 Å². The average molecular weight is 243 g/mol. The molecule has 1 N–H and O–H groups in total. The number of anilines is 2. The summed E-state index contributed by atoms with van der Waals surface area (Å²) in [5.41, 5.74) is 2.95. The molecular formula is C14H17N3O. The summed E-state index contributed by atoms with van der Waals surface area (Å²) in [5.74, 6) is 1.51. The number of pyridine rings is 2. The van der Waals surface area contributed by atoms with Gasteiger partial charge in [-0.05, 0) is 31.5 Å². The zero-order valence-corrected chi connectivity index (χ0v) is 10.9. The van der Waals surface area contributed by atoms with Gasteiger partial charge in [-0.2, -0.15) is 0 Å². The number of methoxy groups -OCH3 is 1. The molecule has 2 aromatic heterocycles. The van der Waals surface area contributed by atoms with E-state index in [1.807, 2.05) is 25.1 Å². The fraction of sp³-hybridized carbons (Fsp3) is 0.286. The zero-order chi connectivity index (χ0) is 13.0. The van der Waals surface area contributed by atoms with Gasteiger partial charge in [-0.15, -0.1) is 0 Å². The van der Waals surface area contributed by atoms with Crippen molar-refractivity contribution >= 4 is 11.5 Å². The molecule has 0 aliphatic rings. The van der Waals surface area contributed by atoms with Crippen LogP contribution >= 0.6 is 0 Å². The van der Waals surface area contributed by atoms with Gasteiger partial charge in [0.05, 0.1) is 18.5 Å². The standard InChI is InChI=1S/C14H17N3O/c1-4-11-9-12(10(2)16-14(11)18-3)17-13-7-5-6-8-15-13/h5-9H,4H2,1-3H3,(H,15,17). The van der Waals surface area contributed by atoms with Crippen LogP contribution in [0.4, 0.5) is 11.5 Å². The van der Waals surface area contributed by atoms with E-state index in [1.165, 1.54) is 0 Å². The molecule has 0 unspecified atom stereocenters. The summed E-state index contributed by atoms with van der Waals surface area (Å²) in [6.07, 6.45) is 2.64. The topological polar surface area (TPSA) is 47.0 Å². The lowest BCUT2D eigenvalue weighted by atomic mass is 10.1. The Labute approximate surface area is 107 Å². The number of nitrogens with one attached hydrogen (secondary N) is 1. The largest absolute Gasteiger partial charge is 0.481 e. The molecule has 4 heteroatoms. The Hall–Kier alpha value is -2.10. The SMILES string of the molecule is CCc1cc(Nc2ccccn2)c(C)nc1OC. The minimum Gasteiger partial charge on any atom is -0.481 e. The monoisotopic (exact) mass is 243 g/mol. The van der Waals surface area contributed by atoms with Crippen LogP contribution in [-0.4, -0.2) is 17.1 Å². The third-order valence-corrected chi connectivity index (χ3v) is 2.75. The van der Waals surface area contributed by atoms with Crippen molar-refractivity contribution in [1.29, 1.82) is 0 Å². The molecule has 2 heterocycles. The Morgan fingerprint density at radius 3 is 2.78 bits per heavy atom. The molecule has 0 fully saturated rings. The van der Waals surface area contributed by atoms with Crippen LogP contribution in [0.3, 0.4) is 0 Å². The maximum absolute atomic E-state index is 5.27. The van der Waals surface area contributed by atoms with E-state index in [0.717, 1.165) is 29.2 Å². The highest BCUT2D eigenvalue weighted by molar-refractivity contribution is 5.60. The first kappa shape index (κ1) is 12.4. The molecule has 2 aromatic rings. The van der Waals surface area contributed by atoms with Crippen molar-refractivity contribution in [2.45, 2.75) is 20.3 Å². The lowest BCUT2D eigenvalue weighted by Crippen LogP contribution is -2.01. The van der Waals surface area contributed by atoms with Crippen LogP contribution in [0.2, 0.25) is 0 Å². The van der Waals surface area contributed by atoms with Crippen LogP contribution in [0.5, 0.6) is 5.88 Å². The third-order valence-electron chi connectivity index (χ3n) is 2.75. The number of hydrogen-bond donors (Lipinski definition) is 1. The van der Waals surface area contributed by atoms with Crippen LogP contribution in [0.1, 0.15) is 18.2 Å². The molecule has 18 heavy (non-hydrogen) atoms. The second-order valence-electron chi connectivity index (χ2n) is 3.98. The van der Waals surface area contributed by atoms with Gasteiger partial charge in [-0.1, -0.05) is 13.0 Å². The molecular weight excluding hydrogens is 226 g/mol. The summed E-state index contributed by atoms with van der Waals surface area (Å²) in [6.45, 7) is 4.03. The van der Waals surface area contributed by atoms with Gasteiger partial charge in [0.25, 0.3) is 0 Å². The van der Waals surface area contributed by atoms with E-state index in [0.29, 0.717) is 5.88 Å². The molecule has 0 aromatic carbocycles. The minimum atomic E-state index is 0.696. The van der Waals surface area contributed by atoms with Gasteiger partial charge in [0, 0.05) is 11.8 Å². The summed E-state index contributed by atoms with van der Waals surface area (Å²) in [7, 11) is 1.65. The fourth-order valence-electron chi connectivity index (χ4n) is 1.76. The van der Waals surface area contributed by atoms with E-state index in [-0.39, 0.29) is 0 Å². The quantitative estimate of drug-likeness (QED) is 0.896. The van der Waals surface area contributed by atoms with E-state index in [4.69, 9.17) is 4.74 Å². The Morgan fingerprint density at radius 1 is 1.33 bits per heavy atom. The smallest absolute Gasteiger partial charge is 0.216 e. The summed E-state index contributed by atoms with van der Waals surface area (Å²) in [5, 5.41) is 3.27. The van der Waals surface area contributed by atoms with Crippen molar-refractivity contribution in [3.8, 4) is 5.88 Å². The van der Waals surface area contributed by atoms with Crippen LogP contribution in [0.25, 0.3) is 0 Å². The summed E-state index contributed by atoms with van der Waals surface area (Å²) in [4.78, 5) is 8.69. The molecule has 0 saturated carbocycles. The molecule has 0 amide bonds. The second kappa shape index (κ2) is 5.49. The van der Waals surface area contributed by atoms with Gasteiger partial charge in [0.2, 0.25) is 5.88 Å². The minimum absolute atomic E-state index is 0.696. The molecule has 2 rings (SSSR count). The summed E-state index contributed by atoms with van der Waals surface area (Å²) < 4.78 is 5.27. The maximum Gasteiger partial charge on any atom is 0.216 e. The van der Waals surface area contributed by atoms with Gasteiger partial charge >= 0.3 is 0 Å². The first-order chi connectivity index (χ1) is 8.74. The molecule has 0 aliphatic heterocycles. The van der Waals surface area contributed by atoms with E-state index in [2.05, 4.69) is 28.3 Å². The normalized spacial score (nSPS) is 10.2. The van der Waals surface area contributed by atoms with Crippen LogP contribution in [0.15, 0.2) is 30.5 Å². The zero-order valence-electron chi connectivity index (χ0n) is 10.9. The summed E-state index contributed by atoms with van der Waals surface area (Å²) in [6, 6.07) is 7.83. The number of rotatable bonds is 4. The molecule has 4 nitrogen and oxygen atoms in total. The first-order valence-electron chi connectivity index (χ1n) is 5.97. The van der Waals surface area contributed by atoms with Crippen molar-refractivity contribution in [3.05, 3.63) is 41.7 Å². The maximum atomic E-state index is 5.27. The van der Waals surface area contributed by atoms with E-state index >= 15 is 0 Å². The second-order valence-corrected chi connectivity index (χ2v) is 3.98. The van der Waals surface area contributed by atoms with Crippen LogP contribution in [0, 0.1) is 6.92 Å². The van der Waals surface area contributed by atoms with E-state index in [1.54, 1.807) is 13.3 Å². The van der Waals surface area contributed by atoms with Gasteiger partial charge in [-0.25, -0.2) is 9.97 Å². The number of aryl methyl sites for hydroxylation is 2. The molecule has 0 spiro atoms. The van der Waals surface area contributed by atoms with Crippen LogP contribution < -0.4 is 10.1 Å². The molecule has 0 atom stereocenters. The van der Waals surface area contributed by atoms with Crippen LogP contribution in [-0.2, 0) is 6.42 Å². The summed E-state index contributed by atoms with van der Waals surface area (Å²) >= 11 is 0. The number of aromatic nitrogens is 2. The highest BCUT2D eigenvalue weighted by Crippen LogP contribution is 2.25. The van der Waals surface area contributed by atoms with Gasteiger partial charge < -0.3 is 10.1 Å². The molecule has 0 bridgehead atoms. The Bertz CT molecular complexity index is 526. The average Bonchev–Trinajstić information content (AvgIpc) is 2.41. The Morgan fingerprint density at radius 2 is 2.17 bits per heavy atom. The third kappa shape index (κ3) is 2.59. The Kier molecular flexibility index (Phi) is 3.77. The number of nitrogens with zero attached hydrogens (tertiary/aromatic N) is 2. The van der Waals surface area contributed by atoms with Gasteiger partial charge in [0.1, 0.15) is 5.82 Å². The van der Waals surface area contributed by atoms with Crippen molar-refractivity contribution in [2.75, 3.05) is 12.4 Å². The van der Waals surface area contributed by atoms with E-state index < -0.39 is 0 Å². The Balaban J connectivity index is 2.33. The fourth-order valence-corrected chi connectivity index (χ4v) is 1.76. The van der Waals surface area contributed by atoms with Crippen molar-refractivity contribution in [1.82, 2.24) is 9.97 Å². The van der Waals surface area contributed by atoms with Gasteiger partial charge in [-0.3, -0.25) is 0 Å². The predicted octanol–water partition coefficient (Wildman–Crippen LogP) is 3.10. The lowest BCUT2D eigenvalue weighted by molar-refractivity contribution is 0.392. The van der Waals surface area contributed by atoms with Crippen molar-refractivity contribution < 1.29 is 4.74 Å². The molecule has 0 aliphatic carbocycles. The number of ether oxygens (including phenoxy) is 1. The van der Waals surface area contributed by atoms with Gasteiger partial charge in [0.15, 0.2) is 0 Å². The van der Waals surface area contributed by atoms with E-state index in [9.17, 15) is 0 Å². The highest BCUT2D eigenvalue weighted by atomic mass is 16.5. The molecule has 0 saturated heterocycles.